The summed E-state index contributed by atoms with van der Waals surface area (Å²) in [6.07, 6.45) is 70.1. The zero-order valence-electron chi connectivity index (χ0n) is 50.6. The number of hydrogen-bond donors (Lipinski definition) is 1. The molecule has 0 aromatic heterocycles. The summed E-state index contributed by atoms with van der Waals surface area (Å²) in [6, 6.07) is 0. The fourth-order valence-corrected chi connectivity index (χ4v) is 10.4. The highest BCUT2D eigenvalue weighted by Crippen LogP contribution is 2.43. The molecule has 0 radical (unpaired) electrons. The molecule has 0 aliphatic heterocycles. The molecule has 75 heavy (non-hydrogen) atoms. The third-order valence-electron chi connectivity index (χ3n) is 14.7. The molecule has 0 aliphatic rings. The molecule has 444 valence electrons. The topological polar surface area (TPSA) is 108 Å². The zero-order chi connectivity index (χ0) is 54.9. The van der Waals surface area contributed by atoms with Crippen molar-refractivity contribution in [3.05, 3.63) is 24.3 Å². The van der Waals surface area contributed by atoms with Crippen LogP contribution in [0.1, 0.15) is 328 Å². The van der Waals surface area contributed by atoms with E-state index in [9.17, 15) is 19.0 Å². The first-order valence-corrected chi connectivity index (χ1v) is 34.1. The summed E-state index contributed by atoms with van der Waals surface area (Å²) in [5.74, 6) is -0.779. The number of quaternary nitrogens is 1. The molecule has 0 heterocycles. The maximum Gasteiger partial charge on any atom is 0.472 e. The third kappa shape index (κ3) is 61.6. The van der Waals surface area contributed by atoms with E-state index in [2.05, 4.69) is 38.2 Å². The number of phosphoric ester groups is 1. The van der Waals surface area contributed by atoms with Crippen LogP contribution in [-0.2, 0) is 32.7 Å². The minimum atomic E-state index is -4.38. The van der Waals surface area contributed by atoms with Gasteiger partial charge in [0, 0.05) is 12.8 Å². The number of rotatable bonds is 61. The second-order valence-electron chi connectivity index (χ2n) is 23.5. The minimum Gasteiger partial charge on any atom is -0.462 e. The van der Waals surface area contributed by atoms with Crippen molar-refractivity contribution in [3.63, 3.8) is 0 Å². The van der Waals surface area contributed by atoms with Gasteiger partial charge in [-0.2, -0.15) is 0 Å². The van der Waals surface area contributed by atoms with E-state index in [4.69, 9.17) is 18.5 Å². The van der Waals surface area contributed by atoms with Gasteiger partial charge in [0.1, 0.15) is 19.8 Å². The predicted octanol–water partition coefficient (Wildman–Crippen LogP) is 20.5. The molecule has 0 aromatic carbocycles. The zero-order valence-corrected chi connectivity index (χ0v) is 51.5. The van der Waals surface area contributed by atoms with Gasteiger partial charge in [-0.25, -0.2) is 4.57 Å². The van der Waals surface area contributed by atoms with Crippen molar-refractivity contribution in [2.45, 2.75) is 335 Å². The van der Waals surface area contributed by atoms with Crippen LogP contribution in [0, 0.1) is 0 Å². The van der Waals surface area contributed by atoms with Crippen LogP contribution in [0.15, 0.2) is 24.3 Å². The van der Waals surface area contributed by atoms with E-state index in [-0.39, 0.29) is 25.6 Å². The average Bonchev–Trinajstić information content (AvgIpc) is 3.37. The second kappa shape index (κ2) is 57.2. The highest BCUT2D eigenvalue weighted by molar-refractivity contribution is 7.47. The number of carbonyl (C=O) groups excluding carboxylic acids is 2. The molecule has 0 aromatic rings. The number of likely N-dealkylation sites (N-methyl/N-ethyl adjacent to an activating group) is 1. The molecular weight excluding hydrogens is 954 g/mol. The normalized spacial score (nSPS) is 13.3. The Balaban J connectivity index is 3.83. The van der Waals surface area contributed by atoms with Gasteiger partial charge in [-0.1, -0.05) is 295 Å². The Labute approximate surface area is 466 Å². The van der Waals surface area contributed by atoms with Crippen LogP contribution < -0.4 is 0 Å². The van der Waals surface area contributed by atoms with Crippen molar-refractivity contribution >= 4 is 19.8 Å². The maximum absolute atomic E-state index is 12.8. The van der Waals surface area contributed by atoms with E-state index >= 15 is 0 Å². The summed E-state index contributed by atoms with van der Waals surface area (Å²) in [5.41, 5.74) is 0. The average molecular weight is 1080 g/mol. The first-order chi connectivity index (χ1) is 36.5. The largest absolute Gasteiger partial charge is 0.472 e. The van der Waals surface area contributed by atoms with Gasteiger partial charge in [0.15, 0.2) is 6.10 Å². The molecule has 10 heteroatoms. The molecule has 0 bridgehead atoms. The summed E-state index contributed by atoms with van der Waals surface area (Å²) in [6.45, 7) is 4.47. The quantitative estimate of drug-likeness (QED) is 0.0211. The van der Waals surface area contributed by atoms with Crippen LogP contribution in [0.5, 0.6) is 0 Å². The highest BCUT2D eigenvalue weighted by atomic mass is 31.2. The highest BCUT2D eigenvalue weighted by Gasteiger charge is 2.27. The molecule has 1 N–H and O–H groups in total. The molecule has 0 spiro atoms. The Morgan fingerprint density at radius 3 is 1.05 bits per heavy atom. The molecule has 0 rings (SSSR count). The number of phosphoric acid groups is 1. The Bertz CT molecular complexity index is 1320. The number of hydrogen-bond acceptors (Lipinski definition) is 7. The van der Waals surface area contributed by atoms with E-state index in [0.29, 0.717) is 17.4 Å². The van der Waals surface area contributed by atoms with E-state index in [1.165, 1.54) is 257 Å². The van der Waals surface area contributed by atoms with Crippen LogP contribution in [-0.4, -0.2) is 74.9 Å². The summed E-state index contributed by atoms with van der Waals surface area (Å²) in [5, 5.41) is 0. The van der Waals surface area contributed by atoms with Crippen LogP contribution in [0.25, 0.3) is 0 Å². The fraction of sp³-hybridized carbons (Fsp3) is 0.908. The SMILES string of the molecule is CCCCCCC/C=C\C/C=C\CCCCCCCCCCCCCCCCCCCCCCCCCCCCCC(=O)OC(COC(=O)CCCCCCCCCCCCCC)COP(=O)(O)OCC[N+](C)(C)C. The summed E-state index contributed by atoms with van der Waals surface area (Å²) >= 11 is 0. The molecular formula is C65H127NO8P+. The lowest BCUT2D eigenvalue weighted by Crippen LogP contribution is -2.37. The van der Waals surface area contributed by atoms with Gasteiger partial charge in [0.25, 0.3) is 0 Å². The Morgan fingerprint density at radius 1 is 0.413 bits per heavy atom. The number of ether oxygens (including phenoxy) is 2. The van der Waals surface area contributed by atoms with Crippen molar-refractivity contribution in [1.82, 2.24) is 0 Å². The molecule has 9 nitrogen and oxygen atoms in total. The first kappa shape index (κ1) is 73.5. The lowest BCUT2D eigenvalue weighted by Gasteiger charge is -2.24. The molecule has 0 amide bonds. The Kier molecular flexibility index (Phi) is 56.0. The second-order valence-corrected chi connectivity index (χ2v) is 25.0. The van der Waals surface area contributed by atoms with E-state index in [1.54, 1.807) is 0 Å². The summed E-state index contributed by atoms with van der Waals surface area (Å²) in [7, 11) is 1.50. The van der Waals surface area contributed by atoms with Crippen molar-refractivity contribution in [2.24, 2.45) is 0 Å². The van der Waals surface area contributed by atoms with Gasteiger partial charge in [0.05, 0.1) is 27.7 Å². The predicted molar refractivity (Wildman–Crippen MR) is 321 cm³/mol. The Morgan fingerprint density at radius 2 is 0.720 bits per heavy atom. The van der Waals surface area contributed by atoms with Crippen molar-refractivity contribution in [3.8, 4) is 0 Å². The maximum atomic E-state index is 12.8. The molecule has 0 aliphatic carbocycles. The van der Waals surface area contributed by atoms with Crippen LogP contribution in [0.4, 0.5) is 0 Å². The van der Waals surface area contributed by atoms with Gasteiger partial charge < -0.3 is 18.9 Å². The van der Waals surface area contributed by atoms with Gasteiger partial charge in [-0.05, 0) is 44.9 Å². The van der Waals surface area contributed by atoms with Crippen LogP contribution >= 0.6 is 7.82 Å². The summed E-state index contributed by atoms with van der Waals surface area (Å²) in [4.78, 5) is 35.6. The van der Waals surface area contributed by atoms with E-state index < -0.39 is 26.5 Å². The van der Waals surface area contributed by atoms with E-state index in [0.717, 1.165) is 44.9 Å². The standard InChI is InChI=1S/C65H126NO8P/c1-6-8-10-12-14-16-18-20-21-22-23-24-25-26-27-28-29-30-31-32-33-34-35-36-37-38-39-40-41-42-43-44-45-46-48-50-52-54-56-58-65(68)74-63(62-73-75(69,70)72-60-59-66(3,4)5)61-71-64(67)57-55-53-51-49-47-19-17-15-13-11-9-7-2/h18,20,22-23,63H,6-17,19,21,24-62H2,1-5H3/p+1/b20-18-,23-22-. The lowest BCUT2D eigenvalue weighted by molar-refractivity contribution is -0.870. The lowest BCUT2D eigenvalue weighted by atomic mass is 10.0. The minimum absolute atomic E-state index is 0.0360. The summed E-state index contributed by atoms with van der Waals surface area (Å²) < 4.78 is 34.5. The number of carbonyl (C=O) groups is 2. The monoisotopic (exact) mass is 1080 g/mol. The van der Waals surface area contributed by atoms with Crippen molar-refractivity contribution in [2.75, 3.05) is 47.5 Å². The van der Waals surface area contributed by atoms with Crippen molar-refractivity contribution < 1.29 is 42.1 Å². The molecule has 0 fully saturated rings. The van der Waals surface area contributed by atoms with Gasteiger partial charge in [-0.15, -0.1) is 0 Å². The van der Waals surface area contributed by atoms with E-state index in [1.807, 2.05) is 21.1 Å². The number of allylic oxidation sites excluding steroid dienone is 4. The van der Waals surface area contributed by atoms with Crippen LogP contribution in [0.2, 0.25) is 0 Å². The molecule has 2 unspecified atom stereocenters. The number of nitrogens with zero attached hydrogens (tertiary/aromatic N) is 1. The van der Waals surface area contributed by atoms with Gasteiger partial charge in [-0.3, -0.25) is 18.6 Å². The van der Waals surface area contributed by atoms with Gasteiger partial charge >= 0.3 is 19.8 Å². The fourth-order valence-electron chi connectivity index (χ4n) is 9.70. The number of unbranched alkanes of at least 4 members (excludes halogenated alkanes) is 43. The smallest absolute Gasteiger partial charge is 0.462 e. The van der Waals surface area contributed by atoms with Crippen LogP contribution in [0.3, 0.4) is 0 Å². The molecule has 2 atom stereocenters. The molecule has 0 saturated carbocycles. The first-order valence-electron chi connectivity index (χ1n) is 32.6. The third-order valence-corrected chi connectivity index (χ3v) is 15.7. The van der Waals surface area contributed by atoms with Crippen molar-refractivity contribution in [1.29, 1.82) is 0 Å². The molecule has 0 saturated heterocycles. The number of esters is 2. The van der Waals surface area contributed by atoms with Gasteiger partial charge in [0.2, 0.25) is 0 Å². The Hall–Kier alpha value is -1.51.